The Hall–Kier alpha value is -1.85. The molecule has 0 saturated carbocycles. The van der Waals surface area contributed by atoms with Gasteiger partial charge in [-0.1, -0.05) is 6.07 Å². The Morgan fingerprint density at radius 1 is 1.18 bits per heavy atom. The second-order valence-corrected chi connectivity index (χ2v) is 5.44. The second-order valence-electron chi connectivity index (χ2n) is 5.44. The number of fused-ring (bicyclic) bond motifs is 1. The third kappa shape index (κ3) is 4.32. The van der Waals surface area contributed by atoms with Crippen molar-refractivity contribution >= 4 is 16.8 Å². The topological polar surface area (TPSA) is 63.4 Å². The van der Waals surface area contributed by atoms with E-state index in [0.29, 0.717) is 32.1 Å². The van der Waals surface area contributed by atoms with Crippen LogP contribution in [0.3, 0.4) is 0 Å². The number of aromatic nitrogens is 1. The lowest BCUT2D eigenvalue weighted by molar-refractivity contribution is 0.0688. The minimum atomic E-state index is -0.0786. The van der Waals surface area contributed by atoms with Crippen LogP contribution in [0.25, 0.3) is 10.9 Å². The van der Waals surface area contributed by atoms with Crippen LogP contribution in [0.2, 0.25) is 0 Å². The van der Waals surface area contributed by atoms with Gasteiger partial charge in [-0.2, -0.15) is 0 Å². The molecular formula is C17H24N2O3. The maximum absolute atomic E-state index is 12.1. The van der Waals surface area contributed by atoms with Gasteiger partial charge in [0.1, 0.15) is 5.69 Å². The maximum Gasteiger partial charge on any atom is 0.267 e. The summed E-state index contributed by atoms with van der Waals surface area (Å²) in [5.74, 6) is -0.0786. The number of benzene rings is 1. The second kappa shape index (κ2) is 7.96. The Labute approximate surface area is 131 Å². The molecule has 1 amide bonds. The Bertz CT molecular complexity index is 634. The molecule has 5 heteroatoms. The van der Waals surface area contributed by atoms with Gasteiger partial charge in [0.05, 0.1) is 13.2 Å². The van der Waals surface area contributed by atoms with Gasteiger partial charge in [0, 0.05) is 31.2 Å². The smallest absolute Gasteiger partial charge is 0.267 e. The molecule has 0 bridgehead atoms. The number of nitrogens with one attached hydrogen (secondary N) is 2. The minimum Gasteiger partial charge on any atom is -0.382 e. The van der Waals surface area contributed by atoms with Gasteiger partial charge in [0.25, 0.3) is 5.91 Å². The quantitative estimate of drug-likeness (QED) is 0.737. The highest BCUT2D eigenvalue weighted by atomic mass is 16.5. The molecule has 0 spiro atoms. The lowest BCUT2D eigenvalue weighted by atomic mass is 10.1. The third-order valence-electron chi connectivity index (χ3n) is 3.52. The fourth-order valence-electron chi connectivity index (χ4n) is 2.44. The van der Waals surface area contributed by atoms with Crippen molar-refractivity contribution in [3.63, 3.8) is 0 Å². The summed E-state index contributed by atoms with van der Waals surface area (Å²) in [6.45, 7) is 6.51. The van der Waals surface area contributed by atoms with Crippen molar-refractivity contribution in [2.45, 2.75) is 20.3 Å². The Balaban J connectivity index is 1.84. The number of aryl methyl sites for hydroxylation is 2. The number of H-pyrrole nitrogens is 1. The SMILES string of the molecule is COCCOCCCNC(=O)c1cc2c(C)cc(C)cc2[nH]1. The first-order valence-corrected chi connectivity index (χ1v) is 7.56. The van der Waals surface area contributed by atoms with Gasteiger partial charge in [-0.3, -0.25) is 4.79 Å². The minimum absolute atomic E-state index is 0.0786. The molecule has 1 heterocycles. The zero-order valence-electron chi connectivity index (χ0n) is 13.5. The number of carbonyl (C=O) groups is 1. The van der Waals surface area contributed by atoms with Gasteiger partial charge in [-0.25, -0.2) is 0 Å². The summed E-state index contributed by atoms with van der Waals surface area (Å²) < 4.78 is 10.2. The van der Waals surface area contributed by atoms with Gasteiger partial charge >= 0.3 is 0 Å². The van der Waals surface area contributed by atoms with E-state index in [1.165, 1.54) is 11.1 Å². The molecule has 120 valence electrons. The average molecular weight is 304 g/mol. The van der Waals surface area contributed by atoms with Crippen molar-refractivity contribution in [1.29, 1.82) is 0 Å². The van der Waals surface area contributed by atoms with E-state index in [2.05, 4.69) is 36.3 Å². The molecule has 5 nitrogen and oxygen atoms in total. The molecule has 22 heavy (non-hydrogen) atoms. The first kappa shape index (κ1) is 16.5. The summed E-state index contributed by atoms with van der Waals surface area (Å²) in [4.78, 5) is 15.3. The van der Waals surface area contributed by atoms with Crippen LogP contribution in [0.4, 0.5) is 0 Å². The molecule has 1 aromatic heterocycles. The molecule has 0 atom stereocenters. The number of methoxy groups -OCH3 is 1. The molecule has 0 radical (unpaired) electrons. The van der Waals surface area contributed by atoms with Crippen molar-refractivity contribution in [1.82, 2.24) is 10.3 Å². The van der Waals surface area contributed by atoms with Crippen LogP contribution >= 0.6 is 0 Å². The van der Waals surface area contributed by atoms with Gasteiger partial charge in [0.2, 0.25) is 0 Å². The number of ether oxygens (including phenoxy) is 2. The fourth-order valence-corrected chi connectivity index (χ4v) is 2.44. The normalized spacial score (nSPS) is 11.0. The lowest BCUT2D eigenvalue weighted by Crippen LogP contribution is -2.25. The zero-order chi connectivity index (χ0) is 15.9. The van der Waals surface area contributed by atoms with Crippen molar-refractivity contribution in [3.8, 4) is 0 Å². The number of aromatic amines is 1. The van der Waals surface area contributed by atoms with E-state index >= 15 is 0 Å². The zero-order valence-corrected chi connectivity index (χ0v) is 13.5. The molecule has 0 saturated heterocycles. The average Bonchev–Trinajstić information content (AvgIpc) is 2.90. The summed E-state index contributed by atoms with van der Waals surface area (Å²) in [5.41, 5.74) is 3.97. The van der Waals surface area contributed by atoms with E-state index in [9.17, 15) is 4.79 Å². The Morgan fingerprint density at radius 3 is 2.77 bits per heavy atom. The fraction of sp³-hybridized carbons (Fsp3) is 0.471. The van der Waals surface area contributed by atoms with E-state index < -0.39 is 0 Å². The molecule has 0 aliphatic rings. The van der Waals surface area contributed by atoms with E-state index in [4.69, 9.17) is 9.47 Å². The number of hydrogen-bond donors (Lipinski definition) is 2. The monoisotopic (exact) mass is 304 g/mol. The van der Waals surface area contributed by atoms with Crippen LogP contribution < -0.4 is 5.32 Å². The molecular weight excluding hydrogens is 280 g/mol. The highest BCUT2D eigenvalue weighted by Crippen LogP contribution is 2.21. The summed E-state index contributed by atoms with van der Waals surface area (Å²) in [6.07, 6.45) is 0.786. The maximum atomic E-state index is 12.1. The van der Waals surface area contributed by atoms with E-state index in [-0.39, 0.29) is 5.91 Å². The van der Waals surface area contributed by atoms with Gasteiger partial charge in [0.15, 0.2) is 0 Å². The van der Waals surface area contributed by atoms with Crippen molar-refractivity contribution in [3.05, 3.63) is 35.0 Å². The van der Waals surface area contributed by atoms with E-state index in [1.807, 2.05) is 6.07 Å². The number of hydrogen-bond acceptors (Lipinski definition) is 3. The Morgan fingerprint density at radius 2 is 2.00 bits per heavy atom. The van der Waals surface area contributed by atoms with Crippen molar-refractivity contribution in [2.75, 3.05) is 33.5 Å². The first-order chi connectivity index (χ1) is 10.6. The molecule has 0 unspecified atom stereocenters. The highest BCUT2D eigenvalue weighted by Gasteiger charge is 2.10. The first-order valence-electron chi connectivity index (χ1n) is 7.56. The molecule has 0 aliphatic carbocycles. The molecule has 0 aliphatic heterocycles. The summed E-state index contributed by atoms with van der Waals surface area (Å²) in [7, 11) is 1.65. The van der Waals surface area contributed by atoms with Gasteiger partial charge < -0.3 is 19.8 Å². The largest absolute Gasteiger partial charge is 0.382 e. The van der Waals surface area contributed by atoms with E-state index in [0.717, 1.165) is 17.3 Å². The molecule has 2 N–H and O–H groups in total. The van der Waals surface area contributed by atoms with E-state index in [1.54, 1.807) is 7.11 Å². The number of carbonyl (C=O) groups excluding carboxylic acids is 1. The number of rotatable bonds is 8. The third-order valence-corrected chi connectivity index (χ3v) is 3.52. The van der Waals surface area contributed by atoms with Crippen LogP contribution in [-0.4, -0.2) is 44.4 Å². The summed E-state index contributed by atoms with van der Waals surface area (Å²) in [5, 5.41) is 4.00. The standard InChI is InChI=1S/C17H24N2O3/c1-12-9-13(2)14-11-16(19-15(14)10-12)17(20)18-5-4-6-22-8-7-21-3/h9-11,19H,4-8H2,1-3H3,(H,18,20). The van der Waals surface area contributed by atoms with Crippen LogP contribution in [-0.2, 0) is 9.47 Å². The summed E-state index contributed by atoms with van der Waals surface area (Å²) in [6, 6.07) is 6.09. The predicted molar refractivity (Wildman–Crippen MR) is 87.4 cm³/mol. The number of amides is 1. The van der Waals surface area contributed by atoms with Crippen molar-refractivity contribution in [2.24, 2.45) is 0 Å². The molecule has 0 fully saturated rings. The van der Waals surface area contributed by atoms with Crippen LogP contribution in [0.1, 0.15) is 28.0 Å². The molecule has 1 aromatic carbocycles. The summed E-state index contributed by atoms with van der Waals surface area (Å²) >= 11 is 0. The van der Waals surface area contributed by atoms with Crippen LogP contribution in [0, 0.1) is 13.8 Å². The van der Waals surface area contributed by atoms with Crippen molar-refractivity contribution < 1.29 is 14.3 Å². The molecule has 2 aromatic rings. The van der Waals surface area contributed by atoms with Crippen LogP contribution in [0.5, 0.6) is 0 Å². The van der Waals surface area contributed by atoms with Crippen LogP contribution in [0.15, 0.2) is 18.2 Å². The lowest BCUT2D eigenvalue weighted by Gasteiger charge is -2.05. The van der Waals surface area contributed by atoms with Gasteiger partial charge in [-0.05, 0) is 43.5 Å². The highest BCUT2D eigenvalue weighted by molar-refractivity contribution is 5.98. The van der Waals surface area contributed by atoms with Gasteiger partial charge in [-0.15, -0.1) is 0 Å². The Kier molecular flexibility index (Phi) is 5.98. The molecule has 2 rings (SSSR count). The predicted octanol–water partition coefficient (Wildman–Crippen LogP) is 2.57.